The average molecular weight is 567 g/mol. The number of piperidine rings is 3. The monoisotopic (exact) mass is 565 g/mol. The number of halogens is 2. The Kier molecular flexibility index (Phi) is 7.40. The lowest BCUT2D eigenvalue weighted by Gasteiger charge is -2.45. The maximum atomic E-state index is 13.7. The molecule has 1 saturated carbocycles. The van der Waals surface area contributed by atoms with Crippen LogP contribution in [0.4, 0.5) is 0 Å². The summed E-state index contributed by atoms with van der Waals surface area (Å²) in [5.41, 5.74) is 1.95. The number of fused-ring (bicyclic) bond motifs is 3. The van der Waals surface area contributed by atoms with Gasteiger partial charge in [-0.15, -0.1) is 0 Å². The van der Waals surface area contributed by atoms with Crippen molar-refractivity contribution in [2.75, 3.05) is 19.6 Å². The van der Waals surface area contributed by atoms with Crippen LogP contribution < -0.4 is 10.6 Å². The summed E-state index contributed by atoms with van der Waals surface area (Å²) in [7, 11) is 0. The molecule has 3 saturated heterocycles. The molecule has 0 spiro atoms. The molecule has 7 nitrogen and oxygen atoms in total. The minimum absolute atomic E-state index is 0.107. The highest BCUT2D eigenvalue weighted by Gasteiger charge is 2.53. The molecule has 2 aromatic carbocycles. The molecule has 7 rings (SSSR count). The van der Waals surface area contributed by atoms with E-state index in [-0.39, 0.29) is 17.9 Å². The molecule has 4 aliphatic rings. The second-order valence-electron chi connectivity index (χ2n) is 11.2. The molecular formula is C30H33Cl2N5O2. The molecule has 9 heteroatoms. The van der Waals surface area contributed by atoms with Gasteiger partial charge < -0.3 is 20.1 Å². The van der Waals surface area contributed by atoms with Gasteiger partial charge in [-0.2, -0.15) is 0 Å². The molecule has 2 bridgehead atoms. The summed E-state index contributed by atoms with van der Waals surface area (Å²) in [6, 6.07) is 14.8. The highest BCUT2D eigenvalue weighted by atomic mass is 35.5. The summed E-state index contributed by atoms with van der Waals surface area (Å²) >= 11 is 12.6. The van der Waals surface area contributed by atoms with Crippen LogP contribution in [0.2, 0.25) is 10.0 Å². The van der Waals surface area contributed by atoms with Gasteiger partial charge in [0.1, 0.15) is 6.04 Å². The lowest BCUT2D eigenvalue weighted by Crippen LogP contribution is -2.60. The molecule has 2 N–H and O–H groups in total. The smallest absolute Gasteiger partial charge is 0.243 e. The molecule has 2 atom stereocenters. The zero-order valence-corrected chi connectivity index (χ0v) is 23.3. The summed E-state index contributed by atoms with van der Waals surface area (Å²) in [4.78, 5) is 34.4. The van der Waals surface area contributed by atoms with Crippen molar-refractivity contribution in [3.63, 3.8) is 0 Å². The van der Waals surface area contributed by atoms with Gasteiger partial charge in [0.15, 0.2) is 0 Å². The van der Waals surface area contributed by atoms with Crippen molar-refractivity contribution in [2.45, 2.75) is 56.1 Å². The number of aromatic nitrogens is 2. The van der Waals surface area contributed by atoms with Gasteiger partial charge in [-0.25, -0.2) is 4.98 Å². The molecule has 0 radical (unpaired) electrons. The first-order valence-corrected chi connectivity index (χ1v) is 14.5. The first kappa shape index (κ1) is 26.4. The van der Waals surface area contributed by atoms with E-state index in [0.717, 1.165) is 43.7 Å². The van der Waals surface area contributed by atoms with Gasteiger partial charge in [0.05, 0.1) is 17.4 Å². The Labute approximate surface area is 238 Å². The summed E-state index contributed by atoms with van der Waals surface area (Å²) in [5, 5.41) is 7.38. The molecule has 204 valence electrons. The number of imidazole rings is 1. The first-order chi connectivity index (χ1) is 18.9. The van der Waals surface area contributed by atoms with Gasteiger partial charge >= 0.3 is 0 Å². The van der Waals surface area contributed by atoms with Crippen LogP contribution in [0.5, 0.6) is 0 Å². The Morgan fingerprint density at radius 1 is 1.08 bits per heavy atom. The third-order valence-electron chi connectivity index (χ3n) is 8.54. The predicted octanol–water partition coefficient (Wildman–Crippen LogP) is 4.21. The third kappa shape index (κ3) is 5.72. The van der Waals surface area contributed by atoms with E-state index < -0.39 is 11.5 Å². The fraction of sp³-hybridized carbons (Fsp3) is 0.433. The van der Waals surface area contributed by atoms with Gasteiger partial charge in [-0.1, -0.05) is 59.6 Å². The van der Waals surface area contributed by atoms with Crippen molar-refractivity contribution in [3.05, 3.63) is 87.9 Å². The SMILES string of the molecule is O=C(N[C@@H]1CN2CCC1CC2)[C@H](Cc1cn(Cc2ccccc2)cn1)NC(=O)C1(c2ccc(Cl)cc2Cl)CC1. The van der Waals surface area contributed by atoms with Crippen LogP contribution in [0.1, 0.15) is 42.5 Å². The summed E-state index contributed by atoms with van der Waals surface area (Å²) < 4.78 is 2.00. The Morgan fingerprint density at radius 3 is 2.51 bits per heavy atom. The molecule has 3 aliphatic heterocycles. The number of rotatable bonds is 9. The highest BCUT2D eigenvalue weighted by Crippen LogP contribution is 2.51. The Morgan fingerprint density at radius 2 is 1.85 bits per heavy atom. The van der Waals surface area contributed by atoms with E-state index in [1.54, 1.807) is 18.5 Å². The minimum atomic E-state index is -0.739. The lowest BCUT2D eigenvalue weighted by molar-refractivity contribution is -0.131. The zero-order valence-electron chi connectivity index (χ0n) is 21.8. The van der Waals surface area contributed by atoms with Gasteiger partial charge in [0.2, 0.25) is 11.8 Å². The molecule has 2 amide bonds. The Hall–Kier alpha value is -2.87. The number of hydrogen-bond donors (Lipinski definition) is 2. The first-order valence-electron chi connectivity index (χ1n) is 13.7. The van der Waals surface area contributed by atoms with Crippen molar-refractivity contribution < 1.29 is 9.59 Å². The van der Waals surface area contributed by atoms with Crippen LogP contribution in [-0.2, 0) is 28.0 Å². The van der Waals surface area contributed by atoms with Gasteiger partial charge in [-0.3, -0.25) is 9.59 Å². The minimum Gasteiger partial charge on any atom is -0.350 e. The Balaban J connectivity index is 1.20. The molecule has 1 aromatic heterocycles. The van der Waals surface area contributed by atoms with Crippen LogP contribution in [0, 0.1) is 5.92 Å². The van der Waals surface area contributed by atoms with Crippen molar-refractivity contribution in [2.24, 2.45) is 5.92 Å². The Bertz CT molecular complexity index is 1350. The maximum Gasteiger partial charge on any atom is 0.243 e. The standard InChI is InChI=1S/C30H33Cl2N5O2/c31-22-6-7-24(25(32)14-22)30(10-11-30)29(39)35-26(28(38)34-27-18-36-12-8-21(27)9-13-36)15-23-17-37(19-33-23)16-20-4-2-1-3-5-20/h1-7,14,17,19,21,26-27H,8-13,15-16,18H2,(H,34,38)(H,35,39)/t26-,27+/m0/s1. The van der Waals surface area contributed by atoms with E-state index in [2.05, 4.69) is 32.7 Å². The van der Waals surface area contributed by atoms with Crippen LogP contribution in [-0.4, -0.2) is 58.0 Å². The normalized spacial score (nSPS) is 23.7. The topological polar surface area (TPSA) is 79.3 Å². The highest BCUT2D eigenvalue weighted by molar-refractivity contribution is 6.35. The van der Waals surface area contributed by atoms with Gasteiger partial charge in [0.25, 0.3) is 0 Å². The zero-order chi connectivity index (χ0) is 27.0. The largest absolute Gasteiger partial charge is 0.350 e. The second-order valence-corrected chi connectivity index (χ2v) is 12.1. The molecule has 0 unspecified atom stereocenters. The van der Waals surface area contributed by atoms with Crippen molar-refractivity contribution >= 4 is 35.0 Å². The molecule has 3 aromatic rings. The molecule has 39 heavy (non-hydrogen) atoms. The molecule has 4 heterocycles. The second kappa shape index (κ2) is 11.0. The van der Waals surface area contributed by atoms with Crippen LogP contribution >= 0.6 is 23.2 Å². The third-order valence-corrected chi connectivity index (χ3v) is 9.09. The van der Waals surface area contributed by atoms with Crippen molar-refractivity contribution in [3.8, 4) is 0 Å². The van der Waals surface area contributed by atoms with Gasteiger partial charge in [0, 0.05) is 41.8 Å². The maximum absolute atomic E-state index is 13.7. The molecule has 1 aliphatic carbocycles. The number of carbonyl (C=O) groups excluding carboxylic acids is 2. The summed E-state index contributed by atoms with van der Waals surface area (Å²) in [5.74, 6) is 0.158. The lowest BCUT2D eigenvalue weighted by atomic mass is 9.84. The van der Waals surface area contributed by atoms with E-state index in [0.29, 0.717) is 41.8 Å². The van der Waals surface area contributed by atoms with Crippen LogP contribution in [0.15, 0.2) is 61.1 Å². The van der Waals surface area contributed by atoms with Gasteiger partial charge in [-0.05, 0) is 68.0 Å². The summed E-state index contributed by atoms with van der Waals surface area (Å²) in [6.45, 7) is 3.75. The number of nitrogens with zero attached hydrogens (tertiary/aromatic N) is 3. The van der Waals surface area contributed by atoms with E-state index in [1.807, 2.05) is 35.0 Å². The molecule has 4 fully saturated rings. The molecular weight excluding hydrogens is 533 g/mol. The fourth-order valence-corrected chi connectivity index (χ4v) is 6.73. The number of hydrogen-bond acceptors (Lipinski definition) is 4. The fourth-order valence-electron chi connectivity index (χ4n) is 6.14. The van der Waals surface area contributed by atoms with E-state index >= 15 is 0 Å². The van der Waals surface area contributed by atoms with Crippen LogP contribution in [0.3, 0.4) is 0 Å². The number of benzene rings is 2. The number of amides is 2. The average Bonchev–Trinajstić information content (AvgIpc) is 3.63. The van der Waals surface area contributed by atoms with E-state index in [1.165, 1.54) is 5.56 Å². The van der Waals surface area contributed by atoms with Crippen molar-refractivity contribution in [1.29, 1.82) is 0 Å². The summed E-state index contributed by atoms with van der Waals surface area (Å²) in [6.07, 6.45) is 7.61. The quantitative estimate of drug-likeness (QED) is 0.407. The number of nitrogens with one attached hydrogen (secondary N) is 2. The van der Waals surface area contributed by atoms with Crippen molar-refractivity contribution in [1.82, 2.24) is 25.1 Å². The van der Waals surface area contributed by atoms with E-state index in [4.69, 9.17) is 23.2 Å². The van der Waals surface area contributed by atoms with Crippen LogP contribution in [0.25, 0.3) is 0 Å². The predicted molar refractivity (Wildman–Crippen MR) is 152 cm³/mol. The van der Waals surface area contributed by atoms with E-state index in [9.17, 15) is 9.59 Å². The number of carbonyl (C=O) groups is 2.